The maximum absolute atomic E-state index is 13.9. The van der Waals surface area contributed by atoms with Gasteiger partial charge in [-0.05, 0) is 91.3 Å². The van der Waals surface area contributed by atoms with Crippen molar-refractivity contribution in [2.45, 2.75) is 72.3 Å². The van der Waals surface area contributed by atoms with E-state index >= 15 is 0 Å². The van der Waals surface area contributed by atoms with E-state index in [1.54, 1.807) is 0 Å². The average molecular weight is 473 g/mol. The van der Waals surface area contributed by atoms with E-state index in [-0.39, 0.29) is 23.3 Å². The normalized spacial score (nSPS) is 25.1. The number of nitrogens with zero attached hydrogens (tertiary/aromatic N) is 2. The molecule has 3 rings (SSSR count). The second-order valence-electron chi connectivity index (χ2n) is 11.2. The molecule has 2 fully saturated rings. The van der Waals surface area contributed by atoms with Crippen LogP contribution in [0.5, 0.6) is 0 Å². The largest absolute Gasteiger partial charge is 0.465 e. The Morgan fingerprint density at radius 3 is 2.33 bits per heavy atom. The van der Waals surface area contributed by atoms with Gasteiger partial charge in [0.2, 0.25) is 5.91 Å². The molecule has 0 spiro atoms. The van der Waals surface area contributed by atoms with Gasteiger partial charge in [0, 0.05) is 23.9 Å². The molecule has 5 nitrogen and oxygen atoms in total. The molecule has 1 amide bonds. The van der Waals surface area contributed by atoms with Crippen LogP contribution in [0, 0.1) is 35.0 Å². The Morgan fingerprint density at radius 1 is 1.15 bits per heavy atom. The third-order valence-corrected chi connectivity index (χ3v) is 7.73. The van der Waals surface area contributed by atoms with Crippen molar-refractivity contribution >= 4 is 28.9 Å². The predicted octanol–water partition coefficient (Wildman–Crippen LogP) is 5.43. The second kappa shape index (κ2) is 10.6. The summed E-state index contributed by atoms with van der Waals surface area (Å²) < 4.78 is 5.11. The molecule has 0 aliphatic heterocycles. The molecule has 0 bridgehead atoms. The SMILES string of the molecule is COC(=O)c1sc(C#CC(C)(C)C)cc1N(C(=O)C1CCC(C)CC1)C1CC(CN(C)C)C1. The molecular weight excluding hydrogens is 432 g/mol. The average Bonchev–Trinajstić information content (AvgIpc) is 3.13. The van der Waals surface area contributed by atoms with Gasteiger partial charge in [0.15, 0.2) is 0 Å². The van der Waals surface area contributed by atoms with Crippen LogP contribution in [0.15, 0.2) is 6.07 Å². The van der Waals surface area contributed by atoms with Crippen molar-refractivity contribution in [3.8, 4) is 11.8 Å². The highest BCUT2D eigenvalue weighted by Crippen LogP contribution is 2.42. The van der Waals surface area contributed by atoms with E-state index < -0.39 is 5.97 Å². The lowest BCUT2D eigenvalue weighted by Crippen LogP contribution is -2.52. The zero-order valence-electron chi connectivity index (χ0n) is 21.4. The molecule has 1 heterocycles. The standard InChI is InChI=1S/C27H40N2O3S/c1-18-8-10-20(11-9-18)25(30)29(21-14-19(15-21)17-28(5)6)23-16-22(12-13-27(2,3)4)33-24(23)26(31)32-7/h16,18-21H,8-11,14-15,17H2,1-7H3. The fraction of sp³-hybridized carbons (Fsp3) is 0.704. The Hall–Kier alpha value is -1.84. The third-order valence-electron chi connectivity index (χ3n) is 6.71. The van der Waals surface area contributed by atoms with Crippen molar-refractivity contribution < 1.29 is 14.3 Å². The molecule has 0 atom stereocenters. The first kappa shape index (κ1) is 25.8. The summed E-state index contributed by atoms with van der Waals surface area (Å²) in [5.74, 6) is 7.56. The first-order chi connectivity index (χ1) is 15.5. The molecule has 6 heteroatoms. The van der Waals surface area contributed by atoms with Crippen LogP contribution < -0.4 is 4.90 Å². The maximum Gasteiger partial charge on any atom is 0.350 e. The fourth-order valence-electron chi connectivity index (χ4n) is 4.89. The first-order valence-corrected chi connectivity index (χ1v) is 13.0. The van der Waals surface area contributed by atoms with Crippen LogP contribution in [-0.2, 0) is 9.53 Å². The van der Waals surface area contributed by atoms with Gasteiger partial charge in [-0.25, -0.2) is 4.79 Å². The summed E-state index contributed by atoms with van der Waals surface area (Å²) in [5, 5.41) is 0. The Labute approximate surface area is 203 Å². The Bertz CT molecular complexity index is 904. The predicted molar refractivity (Wildman–Crippen MR) is 136 cm³/mol. The van der Waals surface area contributed by atoms with E-state index in [9.17, 15) is 9.59 Å². The molecular formula is C27H40N2O3S. The Morgan fingerprint density at radius 2 is 1.79 bits per heavy atom. The van der Waals surface area contributed by atoms with Crippen molar-refractivity contribution in [3.05, 3.63) is 15.8 Å². The van der Waals surface area contributed by atoms with Crippen LogP contribution in [0.25, 0.3) is 0 Å². The minimum Gasteiger partial charge on any atom is -0.465 e. The van der Waals surface area contributed by atoms with Gasteiger partial charge in [-0.3, -0.25) is 4.79 Å². The van der Waals surface area contributed by atoms with Gasteiger partial charge in [-0.1, -0.05) is 18.8 Å². The van der Waals surface area contributed by atoms with Gasteiger partial charge in [0.05, 0.1) is 17.7 Å². The maximum atomic E-state index is 13.9. The molecule has 2 aliphatic carbocycles. The van der Waals surface area contributed by atoms with Crippen LogP contribution in [-0.4, -0.2) is 50.6 Å². The quantitative estimate of drug-likeness (QED) is 0.409. The Kier molecular flexibility index (Phi) is 8.29. The van der Waals surface area contributed by atoms with Gasteiger partial charge in [-0.2, -0.15) is 0 Å². The van der Waals surface area contributed by atoms with E-state index in [2.05, 4.69) is 58.5 Å². The highest BCUT2D eigenvalue weighted by molar-refractivity contribution is 7.15. The second-order valence-corrected chi connectivity index (χ2v) is 12.3. The number of carbonyl (C=O) groups excluding carboxylic acids is 2. The molecule has 0 aromatic carbocycles. The summed E-state index contributed by atoms with van der Waals surface area (Å²) in [6.07, 6.45) is 5.97. The van der Waals surface area contributed by atoms with Crippen LogP contribution >= 0.6 is 11.3 Å². The Balaban J connectivity index is 1.96. The highest BCUT2D eigenvalue weighted by Gasteiger charge is 2.41. The number of hydrogen-bond acceptors (Lipinski definition) is 5. The minimum absolute atomic E-state index is 0.0311. The van der Waals surface area contributed by atoms with Gasteiger partial charge < -0.3 is 14.5 Å². The lowest BCUT2D eigenvalue weighted by Gasteiger charge is -2.45. The molecule has 1 aromatic rings. The van der Waals surface area contributed by atoms with E-state index in [1.807, 2.05) is 11.0 Å². The molecule has 2 aliphatic rings. The van der Waals surface area contributed by atoms with E-state index in [0.717, 1.165) is 49.9 Å². The van der Waals surface area contributed by atoms with Crippen molar-refractivity contribution in [1.29, 1.82) is 0 Å². The third kappa shape index (κ3) is 6.61. The highest BCUT2D eigenvalue weighted by atomic mass is 32.1. The number of amides is 1. The first-order valence-electron chi connectivity index (χ1n) is 12.2. The summed E-state index contributed by atoms with van der Waals surface area (Å²) in [6, 6.07) is 2.07. The van der Waals surface area contributed by atoms with Crippen LogP contribution in [0.4, 0.5) is 5.69 Å². The number of anilines is 1. The monoisotopic (exact) mass is 472 g/mol. The summed E-state index contributed by atoms with van der Waals surface area (Å²) in [5.41, 5.74) is 0.555. The molecule has 1 aromatic heterocycles. The van der Waals surface area contributed by atoms with Crippen molar-refractivity contribution in [1.82, 2.24) is 4.90 Å². The summed E-state index contributed by atoms with van der Waals surface area (Å²) in [4.78, 5) is 32.1. The molecule has 0 N–H and O–H groups in total. The van der Waals surface area contributed by atoms with Gasteiger partial charge >= 0.3 is 5.97 Å². The number of esters is 1. The number of carbonyl (C=O) groups is 2. The van der Waals surface area contributed by atoms with E-state index in [0.29, 0.717) is 22.4 Å². The number of thiophene rings is 1. The lowest BCUT2D eigenvalue weighted by atomic mass is 9.77. The summed E-state index contributed by atoms with van der Waals surface area (Å²) >= 11 is 1.34. The molecule has 33 heavy (non-hydrogen) atoms. The molecule has 2 saturated carbocycles. The topological polar surface area (TPSA) is 49.9 Å². The zero-order chi connectivity index (χ0) is 24.3. The number of ether oxygens (including phenoxy) is 1. The van der Waals surface area contributed by atoms with Gasteiger partial charge in [0.1, 0.15) is 4.88 Å². The lowest BCUT2D eigenvalue weighted by molar-refractivity contribution is -0.124. The van der Waals surface area contributed by atoms with Crippen LogP contribution in [0.3, 0.4) is 0 Å². The minimum atomic E-state index is -0.391. The summed E-state index contributed by atoms with van der Waals surface area (Å²) in [6.45, 7) is 9.48. The van der Waals surface area contributed by atoms with Crippen molar-refractivity contribution in [2.75, 3.05) is 32.6 Å². The molecule has 182 valence electrons. The smallest absolute Gasteiger partial charge is 0.350 e. The molecule has 0 radical (unpaired) electrons. The molecule has 0 saturated heterocycles. The number of methoxy groups -OCH3 is 1. The van der Waals surface area contributed by atoms with Crippen LogP contribution in [0.2, 0.25) is 0 Å². The fourth-order valence-corrected chi connectivity index (χ4v) is 5.81. The van der Waals surface area contributed by atoms with Crippen LogP contribution in [0.1, 0.15) is 80.8 Å². The van der Waals surface area contributed by atoms with Crippen molar-refractivity contribution in [2.24, 2.45) is 23.2 Å². The van der Waals surface area contributed by atoms with Gasteiger partial charge in [0.25, 0.3) is 0 Å². The molecule has 0 unspecified atom stereocenters. The van der Waals surface area contributed by atoms with E-state index in [4.69, 9.17) is 4.74 Å². The summed E-state index contributed by atoms with van der Waals surface area (Å²) in [7, 11) is 5.58. The van der Waals surface area contributed by atoms with E-state index in [1.165, 1.54) is 18.4 Å². The van der Waals surface area contributed by atoms with Gasteiger partial charge in [-0.15, -0.1) is 11.3 Å². The number of rotatable bonds is 6. The van der Waals surface area contributed by atoms with Crippen molar-refractivity contribution in [3.63, 3.8) is 0 Å². The number of hydrogen-bond donors (Lipinski definition) is 0. The zero-order valence-corrected chi connectivity index (χ0v) is 22.2.